The first-order valence-corrected chi connectivity index (χ1v) is 12.6. The molecule has 0 aromatic heterocycles. The number of rotatable bonds is 8. The van der Waals surface area contributed by atoms with E-state index in [1.165, 1.54) is 48.8 Å². The number of carbonyl (C=O) groups excluding carboxylic acids is 1. The summed E-state index contributed by atoms with van der Waals surface area (Å²) in [5.74, 6) is 0.902. The van der Waals surface area contributed by atoms with E-state index < -0.39 is 0 Å². The fourth-order valence-corrected chi connectivity index (χ4v) is 5.15. The molecule has 1 nitrogen and oxygen atoms in total. The second kappa shape index (κ2) is 12.7. The molecule has 2 aromatic rings. The molecule has 1 heteroatoms. The fraction of sp³-hybridized carbons (Fsp3) is 0.424. The maximum Gasteiger partial charge on any atom is 0.189 e. The Bertz CT molecular complexity index is 1060. The molecule has 0 unspecified atom stereocenters. The quantitative estimate of drug-likeness (QED) is 0.218. The number of hydrogen-bond donors (Lipinski definition) is 0. The van der Waals surface area contributed by atoms with Crippen molar-refractivity contribution >= 4 is 16.9 Å². The van der Waals surface area contributed by atoms with Gasteiger partial charge in [-0.2, -0.15) is 0 Å². The number of Topliss-reactive ketones (excluding diaryl/α,β-unsaturated/α-hetero) is 1. The lowest BCUT2D eigenvalue weighted by Gasteiger charge is -2.24. The number of hydrogen-bond acceptors (Lipinski definition) is 1. The van der Waals surface area contributed by atoms with Gasteiger partial charge in [0, 0.05) is 6.99 Å². The van der Waals surface area contributed by atoms with Gasteiger partial charge in [-0.3, -0.25) is 4.79 Å². The summed E-state index contributed by atoms with van der Waals surface area (Å²) in [5.41, 5.74) is 10.0. The van der Waals surface area contributed by atoms with Gasteiger partial charge in [-0.25, -0.2) is 0 Å². The van der Waals surface area contributed by atoms with Crippen molar-refractivity contribution in [3.63, 3.8) is 0 Å². The summed E-state index contributed by atoms with van der Waals surface area (Å²) in [4.78, 5) is 13.5. The van der Waals surface area contributed by atoms with Crippen LogP contribution in [0.1, 0.15) is 107 Å². The van der Waals surface area contributed by atoms with Crippen LogP contribution >= 0.6 is 0 Å². The Kier molecular flexibility index (Phi) is 10.3. The van der Waals surface area contributed by atoms with E-state index in [1.807, 2.05) is 26.8 Å². The van der Waals surface area contributed by atoms with Crippen molar-refractivity contribution in [1.82, 2.24) is 0 Å². The molecule has 184 valence electrons. The van der Waals surface area contributed by atoms with Crippen molar-refractivity contribution in [3.8, 4) is 0 Å². The van der Waals surface area contributed by atoms with Crippen molar-refractivity contribution in [2.45, 2.75) is 87.0 Å². The van der Waals surface area contributed by atoms with Crippen LogP contribution in [0.4, 0.5) is 0 Å². The summed E-state index contributed by atoms with van der Waals surface area (Å²) < 4.78 is 0. The van der Waals surface area contributed by atoms with Crippen molar-refractivity contribution in [2.24, 2.45) is 5.92 Å². The molecule has 1 aliphatic rings. The highest BCUT2D eigenvalue weighted by Gasteiger charge is 2.20. The Morgan fingerprint density at radius 1 is 1.03 bits per heavy atom. The summed E-state index contributed by atoms with van der Waals surface area (Å²) in [7, 11) is 0. The average molecular weight is 459 g/mol. The second-order valence-corrected chi connectivity index (χ2v) is 9.70. The Balaban J connectivity index is 0.00000306. The molecule has 0 radical (unpaired) electrons. The van der Waals surface area contributed by atoms with Crippen LogP contribution in [0.3, 0.4) is 0 Å². The van der Waals surface area contributed by atoms with Crippen molar-refractivity contribution in [1.29, 1.82) is 0 Å². The molecule has 0 bridgehead atoms. The Hall–Kier alpha value is -2.67. The molecule has 2 aromatic carbocycles. The largest absolute Gasteiger partial charge is 0.289 e. The van der Waals surface area contributed by atoms with Crippen LogP contribution in [0, 0.1) is 12.8 Å². The van der Waals surface area contributed by atoms with Gasteiger partial charge >= 0.3 is 0 Å². The average Bonchev–Trinajstić information content (AvgIpc) is 2.83. The van der Waals surface area contributed by atoms with E-state index in [0.29, 0.717) is 0 Å². The van der Waals surface area contributed by atoms with Gasteiger partial charge in [-0.15, -0.1) is 0 Å². The highest BCUT2D eigenvalue weighted by Crippen LogP contribution is 2.31. The molecule has 0 atom stereocenters. The molecular weight excluding hydrogens is 412 g/mol. The molecular formula is C33H46O. The number of carbonyl (C=O) groups is 1. The summed E-state index contributed by atoms with van der Waals surface area (Å²) in [6.07, 6.45) is 13.0. The van der Waals surface area contributed by atoms with Gasteiger partial charge in [0.05, 0.1) is 0 Å². The molecule has 1 aliphatic carbocycles. The molecule has 0 amide bonds. The molecule has 0 heterocycles. The van der Waals surface area contributed by atoms with Crippen LogP contribution in [0.15, 0.2) is 60.7 Å². The zero-order valence-electron chi connectivity index (χ0n) is 21.3. The summed E-state index contributed by atoms with van der Waals surface area (Å²) >= 11 is 0. The van der Waals surface area contributed by atoms with Crippen molar-refractivity contribution < 1.29 is 6.22 Å². The van der Waals surface area contributed by atoms with Gasteiger partial charge in [0.15, 0.2) is 5.78 Å². The van der Waals surface area contributed by atoms with Gasteiger partial charge in [0.2, 0.25) is 0 Å². The van der Waals surface area contributed by atoms with E-state index >= 15 is 0 Å². The molecule has 0 saturated heterocycles. The number of benzene rings is 2. The molecule has 1 saturated carbocycles. The first kappa shape index (κ1) is 27.6. The third kappa shape index (κ3) is 6.47. The Morgan fingerprint density at radius 2 is 1.65 bits per heavy atom. The van der Waals surface area contributed by atoms with Crippen LogP contribution in [-0.2, 0) is 12.8 Å². The molecule has 0 spiro atoms. The highest BCUT2D eigenvalue weighted by molar-refractivity contribution is 6.10. The molecule has 1 fully saturated rings. The van der Waals surface area contributed by atoms with Crippen LogP contribution in [0.2, 0.25) is 0 Å². The van der Waals surface area contributed by atoms with Crippen LogP contribution < -0.4 is 0 Å². The Morgan fingerprint density at radius 3 is 2.21 bits per heavy atom. The zero-order valence-corrected chi connectivity index (χ0v) is 21.3. The maximum atomic E-state index is 13.5. The van der Waals surface area contributed by atoms with Gasteiger partial charge in [0.25, 0.3) is 0 Å². The van der Waals surface area contributed by atoms with E-state index in [4.69, 9.17) is 0 Å². The SMILES string of the molecule is C.C=C(C)c1ccc(C(=C\C)/C=C(\C)C(=O)c2ccc(CC)c(CC3CCCCC3)c2C)cc1.[HH]. The third-order valence-corrected chi connectivity index (χ3v) is 7.29. The third-order valence-electron chi connectivity index (χ3n) is 7.29. The lowest BCUT2D eigenvalue weighted by atomic mass is 9.81. The van der Waals surface area contributed by atoms with E-state index in [9.17, 15) is 4.79 Å². The molecule has 0 aliphatic heterocycles. The summed E-state index contributed by atoms with van der Waals surface area (Å²) in [6.45, 7) is 14.4. The van der Waals surface area contributed by atoms with E-state index in [-0.39, 0.29) is 14.6 Å². The standard InChI is InChI=1S/C32H40O.CH4.H2/c1-7-26-18-19-30(24(6)31(26)21-25-12-10-9-11-13-25)32(33)23(5)20-27(8-2)29-16-14-28(15-17-29)22(3)4;;/h8,14-20,25H,3,7,9-13,21H2,1-2,4-6H3;1H4;1H/b23-20+,27-8-;;. The van der Waals surface area contributed by atoms with Crippen LogP contribution in [0.25, 0.3) is 11.1 Å². The first-order valence-electron chi connectivity index (χ1n) is 12.6. The molecule has 3 rings (SSSR count). The lowest BCUT2D eigenvalue weighted by molar-refractivity contribution is 0.103. The zero-order chi connectivity index (χ0) is 24.0. The fourth-order valence-electron chi connectivity index (χ4n) is 5.15. The summed E-state index contributed by atoms with van der Waals surface area (Å²) in [6, 6.07) is 12.6. The van der Waals surface area contributed by atoms with Gasteiger partial charge < -0.3 is 0 Å². The van der Waals surface area contributed by atoms with Gasteiger partial charge in [-0.05, 0) is 91.5 Å². The first-order chi connectivity index (χ1) is 15.8. The number of ketones is 1. The van der Waals surface area contributed by atoms with Gasteiger partial charge in [-0.1, -0.05) is 101 Å². The predicted octanol–water partition coefficient (Wildman–Crippen LogP) is 9.83. The second-order valence-electron chi connectivity index (χ2n) is 9.70. The monoisotopic (exact) mass is 458 g/mol. The number of allylic oxidation sites excluding steroid dienone is 5. The molecule has 34 heavy (non-hydrogen) atoms. The molecule has 0 N–H and O–H groups in total. The van der Waals surface area contributed by atoms with Crippen LogP contribution in [0.5, 0.6) is 0 Å². The normalized spacial score (nSPS) is 15.1. The summed E-state index contributed by atoms with van der Waals surface area (Å²) in [5, 5.41) is 0. The predicted molar refractivity (Wildman–Crippen MR) is 153 cm³/mol. The van der Waals surface area contributed by atoms with E-state index in [1.54, 1.807) is 0 Å². The van der Waals surface area contributed by atoms with Crippen molar-refractivity contribution in [2.75, 3.05) is 0 Å². The van der Waals surface area contributed by atoms with Crippen LogP contribution in [-0.4, -0.2) is 5.78 Å². The lowest BCUT2D eigenvalue weighted by Crippen LogP contribution is -2.14. The maximum absolute atomic E-state index is 13.5. The smallest absolute Gasteiger partial charge is 0.189 e. The minimum absolute atomic E-state index is 0. The van der Waals surface area contributed by atoms with Crippen molar-refractivity contribution in [3.05, 3.63) is 94.1 Å². The van der Waals surface area contributed by atoms with Gasteiger partial charge in [0.1, 0.15) is 0 Å². The minimum Gasteiger partial charge on any atom is -0.289 e. The Labute approximate surface area is 210 Å². The number of aryl methyl sites for hydroxylation is 1. The van der Waals surface area contributed by atoms with E-state index in [0.717, 1.165) is 52.2 Å². The minimum atomic E-state index is 0. The van der Waals surface area contributed by atoms with E-state index in [2.05, 4.69) is 62.9 Å². The highest BCUT2D eigenvalue weighted by atomic mass is 16.1. The topological polar surface area (TPSA) is 17.1 Å².